The lowest BCUT2D eigenvalue weighted by Crippen LogP contribution is -2.48. The Balaban J connectivity index is 1.91. The first-order chi connectivity index (χ1) is 9.12. The van der Waals surface area contributed by atoms with E-state index in [0.29, 0.717) is 32.6 Å². The topological polar surface area (TPSA) is 64.4 Å². The van der Waals surface area contributed by atoms with Gasteiger partial charge in [-0.15, -0.1) is 0 Å². The SMILES string of the molecule is NC(=O)C1(CNCc2cccc(Br)c2)CCOCC1. The first-order valence-corrected chi connectivity index (χ1v) is 7.24. The van der Waals surface area contributed by atoms with E-state index in [0.717, 1.165) is 11.0 Å². The van der Waals surface area contributed by atoms with Crippen LogP contribution in [0.15, 0.2) is 28.7 Å². The van der Waals surface area contributed by atoms with Crippen LogP contribution in [0.2, 0.25) is 0 Å². The molecule has 1 aromatic carbocycles. The Hall–Kier alpha value is -0.910. The van der Waals surface area contributed by atoms with Crippen molar-refractivity contribution in [2.45, 2.75) is 19.4 Å². The lowest BCUT2D eigenvalue weighted by Gasteiger charge is -2.34. The highest BCUT2D eigenvalue weighted by Gasteiger charge is 2.37. The third-order valence-electron chi connectivity index (χ3n) is 3.65. The van der Waals surface area contributed by atoms with E-state index in [1.54, 1.807) is 0 Å². The highest BCUT2D eigenvalue weighted by Crippen LogP contribution is 2.29. The first kappa shape index (κ1) is 14.5. The summed E-state index contributed by atoms with van der Waals surface area (Å²) in [5.41, 5.74) is 6.29. The molecule has 0 atom stereocenters. The zero-order valence-electron chi connectivity index (χ0n) is 10.8. The van der Waals surface area contributed by atoms with Crippen molar-refractivity contribution in [3.05, 3.63) is 34.3 Å². The molecule has 1 aliphatic rings. The molecule has 1 aromatic rings. The molecular weight excluding hydrogens is 308 g/mol. The number of rotatable bonds is 5. The van der Waals surface area contributed by atoms with Gasteiger partial charge in [-0.1, -0.05) is 28.1 Å². The minimum absolute atomic E-state index is 0.224. The van der Waals surface area contributed by atoms with Crippen LogP contribution in [0.5, 0.6) is 0 Å². The fourth-order valence-electron chi connectivity index (χ4n) is 2.37. The van der Waals surface area contributed by atoms with Crippen LogP contribution in [0.25, 0.3) is 0 Å². The molecule has 5 heteroatoms. The molecule has 2 rings (SSSR count). The lowest BCUT2D eigenvalue weighted by molar-refractivity contribution is -0.132. The van der Waals surface area contributed by atoms with E-state index in [2.05, 4.69) is 33.4 Å². The normalized spacial score (nSPS) is 18.2. The molecule has 1 aliphatic heterocycles. The molecule has 0 radical (unpaired) electrons. The van der Waals surface area contributed by atoms with Gasteiger partial charge in [-0.25, -0.2) is 0 Å². The molecular formula is C14H19BrN2O2. The van der Waals surface area contributed by atoms with Crippen molar-refractivity contribution in [2.75, 3.05) is 19.8 Å². The Kier molecular flexibility index (Phi) is 4.96. The number of nitrogens with two attached hydrogens (primary N) is 1. The van der Waals surface area contributed by atoms with Crippen LogP contribution in [0.3, 0.4) is 0 Å². The minimum Gasteiger partial charge on any atom is -0.381 e. The smallest absolute Gasteiger partial charge is 0.225 e. The van der Waals surface area contributed by atoms with Crippen molar-refractivity contribution in [3.8, 4) is 0 Å². The van der Waals surface area contributed by atoms with Crippen molar-refractivity contribution < 1.29 is 9.53 Å². The summed E-state index contributed by atoms with van der Waals surface area (Å²) in [6.07, 6.45) is 1.40. The number of benzene rings is 1. The van der Waals surface area contributed by atoms with Crippen LogP contribution in [0, 0.1) is 5.41 Å². The van der Waals surface area contributed by atoms with Gasteiger partial charge in [-0.2, -0.15) is 0 Å². The van der Waals surface area contributed by atoms with E-state index in [4.69, 9.17) is 10.5 Å². The summed E-state index contributed by atoms with van der Waals surface area (Å²) in [6, 6.07) is 8.11. The molecule has 1 amide bonds. The third-order valence-corrected chi connectivity index (χ3v) is 4.15. The van der Waals surface area contributed by atoms with Crippen molar-refractivity contribution in [1.29, 1.82) is 0 Å². The number of primary amides is 1. The van der Waals surface area contributed by atoms with Gasteiger partial charge in [0.2, 0.25) is 5.91 Å². The van der Waals surface area contributed by atoms with Gasteiger partial charge >= 0.3 is 0 Å². The molecule has 0 saturated carbocycles. The second-order valence-electron chi connectivity index (χ2n) is 4.99. The van der Waals surface area contributed by atoms with E-state index in [-0.39, 0.29) is 5.91 Å². The maximum absolute atomic E-state index is 11.7. The highest BCUT2D eigenvalue weighted by atomic mass is 79.9. The molecule has 3 N–H and O–H groups in total. The number of carbonyl (C=O) groups excluding carboxylic acids is 1. The summed E-state index contributed by atoms with van der Waals surface area (Å²) in [5.74, 6) is -0.224. The molecule has 0 aliphatic carbocycles. The summed E-state index contributed by atoms with van der Waals surface area (Å²) < 4.78 is 6.37. The summed E-state index contributed by atoms with van der Waals surface area (Å²) in [4.78, 5) is 11.7. The zero-order valence-corrected chi connectivity index (χ0v) is 12.4. The maximum atomic E-state index is 11.7. The van der Waals surface area contributed by atoms with E-state index < -0.39 is 5.41 Å². The van der Waals surface area contributed by atoms with Gasteiger partial charge in [0.15, 0.2) is 0 Å². The second-order valence-corrected chi connectivity index (χ2v) is 5.91. The quantitative estimate of drug-likeness (QED) is 0.867. The van der Waals surface area contributed by atoms with Crippen molar-refractivity contribution in [3.63, 3.8) is 0 Å². The summed E-state index contributed by atoms with van der Waals surface area (Å²) in [6.45, 7) is 2.57. The van der Waals surface area contributed by atoms with Gasteiger partial charge in [-0.05, 0) is 30.5 Å². The Bertz CT molecular complexity index is 445. The molecule has 104 valence electrons. The van der Waals surface area contributed by atoms with Crippen molar-refractivity contribution in [1.82, 2.24) is 5.32 Å². The summed E-state index contributed by atoms with van der Waals surface area (Å²) >= 11 is 3.45. The molecule has 1 fully saturated rings. The average molecular weight is 327 g/mol. The first-order valence-electron chi connectivity index (χ1n) is 6.45. The van der Waals surface area contributed by atoms with E-state index in [1.807, 2.05) is 12.1 Å². The molecule has 19 heavy (non-hydrogen) atoms. The van der Waals surface area contributed by atoms with Crippen LogP contribution in [0.1, 0.15) is 18.4 Å². The van der Waals surface area contributed by atoms with Crippen LogP contribution in [-0.4, -0.2) is 25.7 Å². The molecule has 1 saturated heterocycles. The minimum atomic E-state index is -0.454. The van der Waals surface area contributed by atoms with Crippen LogP contribution < -0.4 is 11.1 Å². The maximum Gasteiger partial charge on any atom is 0.225 e. The number of hydrogen-bond donors (Lipinski definition) is 2. The molecule has 4 nitrogen and oxygen atoms in total. The summed E-state index contributed by atoms with van der Waals surface area (Å²) in [7, 11) is 0. The van der Waals surface area contributed by atoms with Gasteiger partial charge in [0.25, 0.3) is 0 Å². The number of carbonyl (C=O) groups is 1. The van der Waals surface area contributed by atoms with Gasteiger partial charge in [0, 0.05) is 30.8 Å². The fourth-order valence-corrected chi connectivity index (χ4v) is 2.81. The second kappa shape index (κ2) is 6.50. The van der Waals surface area contributed by atoms with Crippen LogP contribution in [-0.2, 0) is 16.1 Å². The van der Waals surface area contributed by atoms with E-state index in [1.165, 1.54) is 5.56 Å². The Labute approximate surface area is 121 Å². The highest BCUT2D eigenvalue weighted by molar-refractivity contribution is 9.10. The molecule has 0 aromatic heterocycles. The Morgan fingerprint density at radius 1 is 1.42 bits per heavy atom. The van der Waals surface area contributed by atoms with Gasteiger partial charge in [-0.3, -0.25) is 4.79 Å². The number of ether oxygens (including phenoxy) is 1. The van der Waals surface area contributed by atoms with E-state index >= 15 is 0 Å². The largest absolute Gasteiger partial charge is 0.381 e. The number of halogens is 1. The van der Waals surface area contributed by atoms with Crippen LogP contribution in [0.4, 0.5) is 0 Å². The molecule has 1 heterocycles. The number of hydrogen-bond acceptors (Lipinski definition) is 3. The number of nitrogens with one attached hydrogen (secondary N) is 1. The summed E-state index contributed by atoms with van der Waals surface area (Å²) in [5, 5.41) is 3.34. The lowest BCUT2D eigenvalue weighted by atomic mass is 9.79. The molecule has 0 spiro atoms. The Morgan fingerprint density at radius 3 is 2.79 bits per heavy atom. The van der Waals surface area contributed by atoms with Crippen LogP contribution >= 0.6 is 15.9 Å². The standard InChI is InChI=1S/C14H19BrN2O2/c15-12-3-1-2-11(8-12)9-17-10-14(13(16)18)4-6-19-7-5-14/h1-3,8,17H,4-7,9-10H2,(H2,16,18). The third kappa shape index (κ3) is 3.78. The van der Waals surface area contributed by atoms with Gasteiger partial charge in [0.05, 0.1) is 5.41 Å². The monoisotopic (exact) mass is 326 g/mol. The van der Waals surface area contributed by atoms with Crippen molar-refractivity contribution in [2.24, 2.45) is 11.1 Å². The van der Waals surface area contributed by atoms with Crippen molar-refractivity contribution >= 4 is 21.8 Å². The zero-order chi connectivity index (χ0) is 13.7. The Morgan fingerprint density at radius 2 is 2.16 bits per heavy atom. The average Bonchev–Trinajstić information content (AvgIpc) is 2.40. The predicted octanol–water partition coefficient (Wildman–Crippen LogP) is 1.82. The van der Waals surface area contributed by atoms with E-state index in [9.17, 15) is 4.79 Å². The number of amides is 1. The fraction of sp³-hybridized carbons (Fsp3) is 0.500. The van der Waals surface area contributed by atoms with Gasteiger partial charge < -0.3 is 15.8 Å². The van der Waals surface area contributed by atoms with Gasteiger partial charge in [0.1, 0.15) is 0 Å². The predicted molar refractivity (Wildman–Crippen MR) is 77.5 cm³/mol. The molecule has 0 unspecified atom stereocenters. The molecule has 0 bridgehead atoms.